The molecule has 7 nitrogen and oxygen atoms in total. The average Bonchev–Trinajstić information content (AvgIpc) is 3.22. The van der Waals surface area contributed by atoms with Gasteiger partial charge >= 0.3 is 0 Å². The fourth-order valence-corrected chi connectivity index (χ4v) is 5.55. The number of amides is 2. The van der Waals surface area contributed by atoms with Gasteiger partial charge in [-0.15, -0.1) is 0 Å². The number of hydrogen-bond acceptors (Lipinski definition) is 4. The van der Waals surface area contributed by atoms with E-state index in [0.29, 0.717) is 24.7 Å². The number of carbonyl (C=O) groups excluding carboxylic acids is 2. The molecule has 1 saturated carbocycles. The van der Waals surface area contributed by atoms with E-state index in [1.165, 1.54) is 0 Å². The summed E-state index contributed by atoms with van der Waals surface area (Å²) in [5.41, 5.74) is 2.52. The van der Waals surface area contributed by atoms with Gasteiger partial charge in [0, 0.05) is 19.2 Å². The number of ether oxygens (including phenoxy) is 1. The topological polar surface area (TPSA) is 87.3 Å². The first-order chi connectivity index (χ1) is 15.6. The molecule has 2 amide bonds. The number of hydrogen-bond donors (Lipinski definition) is 2. The predicted molar refractivity (Wildman–Crippen MR) is 123 cm³/mol. The minimum absolute atomic E-state index is 0.00710. The monoisotopic (exact) mass is 432 g/mol. The molecule has 2 N–H and O–H groups in total. The first-order valence-electron chi connectivity index (χ1n) is 11.3. The van der Waals surface area contributed by atoms with Crippen LogP contribution in [0.3, 0.4) is 0 Å². The lowest BCUT2D eigenvalue weighted by Gasteiger charge is -2.53. The van der Waals surface area contributed by atoms with E-state index in [9.17, 15) is 9.59 Å². The highest BCUT2D eigenvalue weighted by Crippen LogP contribution is 2.49. The maximum atomic E-state index is 13.9. The van der Waals surface area contributed by atoms with Crippen molar-refractivity contribution in [1.82, 2.24) is 14.9 Å². The van der Waals surface area contributed by atoms with Crippen LogP contribution in [0.1, 0.15) is 53.9 Å². The van der Waals surface area contributed by atoms with Crippen LogP contribution in [-0.4, -0.2) is 52.5 Å². The van der Waals surface area contributed by atoms with E-state index < -0.39 is 11.5 Å². The fourth-order valence-electron chi connectivity index (χ4n) is 5.55. The van der Waals surface area contributed by atoms with Crippen LogP contribution in [0.5, 0.6) is 0 Å². The molecule has 0 saturated heterocycles. The van der Waals surface area contributed by atoms with E-state index in [4.69, 9.17) is 4.74 Å². The van der Waals surface area contributed by atoms with Crippen molar-refractivity contribution >= 4 is 28.8 Å². The minimum Gasteiger partial charge on any atom is -0.383 e. The number of nitrogens with zero attached hydrogens (tertiary/aromatic N) is 2. The van der Waals surface area contributed by atoms with Crippen molar-refractivity contribution in [2.75, 3.05) is 25.6 Å². The van der Waals surface area contributed by atoms with Gasteiger partial charge in [-0.3, -0.25) is 14.9 Å². The standard InChI is InChI=1S/C25H28N4O3/c1-32-16-15-29-23(31)18-10-4-3-9-17(18)21(25(29)13-7-2-8-14-25)22(30)28-24-26-19-11-5-6-12-20(19)27-24/h3-6,9-12,21H,2,7-8,13-16H2,1H3,(H2,26,27,28,30)/t21-/m0/s1. The number of methoxy groups -OCH3 is 1. The molecule has 1 aliphatic carbocycles. The van der Waals surface area contributed by atoms with E-state index >= 15 is 0 Å². The van der Waals surface area contributed by atoms with Gasteiger partial charge in [-0.1, -0.05) is 49.6 Å². The Kier molecular flexibility index (Phi) is 5.43. The van der Waals surface area contributed by atoms with Crippen molar-refractivity contribution in [3.8, 4) is 0 Å². The van der Waals surface area contributed by atoms with Crippen LogP contribution in [0.2, 0.25) is 0 Å². The maximum absolute atomic E-state index is 13.9. The number of H-pyrrole nitrogens is 1. The van der Waals surface area contributed by atoms with Crippen LogP contribution in [0.4, 0.5) is 5.95 Å². The smallest absolute Gasteiger partial charge is 0.254 e. The molecule has 0 unspecified atom stereocenters. The molecule has 7 heteroatoms. The van der Waals surface area contributed by atoms with Gasteiger partial charge < -0.3 is 14.6 Å². The van der Waals surface area contributed by atoms with Crippen molar-refractivity contribution in [3.63, 3.8) is 0 Å². The molecule has 1 aromatic heterocycles. The van der Waals surface area contributed by atoms with Crippen molar-refractivity contribution < 1.29 is 14.3 Å². The SMILES string of the molecule is COCCN1C(=O)c2ccccc2[C@@H](C(=O)Nc2nc3ccccc3[nH]2)C12CCCCC2. The summed E-state index contributed by atoms with van der Waals surface area (Å²) in [6.07, 6.45) is 4.71. The Balaban J connectivity index is 1.58. The van der Waals surface area contributed by atoms with Gasteiger partial charge in [-0.25, -0.2) is 4.98 Å². The summed E-state index contributed by atoms with van der Waals surface area (Å²) < 4.78 is 5.33. The number of para-hydroxylation sites is 2. The van der Waals surface area contributed by atoms with Crippen molar-refractivity contribution in [2.45, 2.75) is 43.6 Å². The third-order valence-electron chi connectivity index (χ3n) is 6.95. The lowest BCUT2D eigenvalue weighted by Crippen LogP contribution is -2.62. The summed E-state index contributed by atoms with van der Waals surface area (Å²) in [7, 11) is 1.64. The minimum atomic E-state index is -0.557. The molecule has 2 aromatic carbocycles. The van der Waals surface area contributed by atoms with Crippen molar-refractivity contribution in [1.29, 1.82) is 0 Å². The molecule has 5 rings (SSSR count). The summed E-state index contributed by atoms with van der Waals surface area (Å²) >= 11 is 0. The Labute approximate surface area is 187 Å². The molecule has 1 atom stereocenters. The third kappa shape index (κ3) is 3.37. The number of carbonyl (C=O) groups is 2. The van der Waals surface area contributed by atoms with E-state index in [-0.39, 0.29) is 11.8 Å². The normalized spacial score (nSPS) is 19.8. The van der Waals surface area contributed by atoms with Gasteiger partial charge in [0.05, 0.1) is 29.1 Å². The molecule has 1 aliphatic heterocycles. The largest absolute Gasteiger partial charge is 0.383 e. The average molecular weight is 433 g/mol. The van der Waals surface area contributed by atoms with Crippen molar-refractivity contribution in [2.24, 2.45) is 0 Å². The van der Waals surface area contributed by atoms with Gasteiger partial charge in [-0.05, 0) is 36.6 Å². The van der Waals surface area contributed by atoms with Crippen LogP contribution < -0.4 is 5.32 Å². The molecule has 1 spiro atoms. The molecule has 1 fully saturated rings. The quantitative estimate of drug-likeness (QED) is 0.636. The highest BCUT2D eigenvalue weighted by Gasteiger charge is 2.54. The Morgan fingerprint density at radius 1 is 1.16 bits per heavy atom. The summed E-state index contributed by atoms with van der Waals surface area (Å²) in [5.74, 6) is -0.178. The van der Waals surface area contributed by atoms with E-state index in [1.807, 2.05) is 53.4 Å². The highest BCUT2D eigenvalue weighted by molar-refractivity contribution is 6.05. The molecular weight excluding hydrogens is 404 g/mol. The summed E-state index contributed by atoms with van der Waals surface area (Å²) in [4.78, 5) is 37.1. The van der Waals surface area contributed by atoms with E-state index in [2.05, 4.69) is 15.3 Å². The summed E-state index contributed by atoms with van der Waals surface area (Å²) in [6, 6.07) is 15.2. The summed E-state index contributed by atoms with van der Waals surface area (Å²) in [6.45, 7) is 0.908. The second kappa shape index (κ2) is 8.39. The first-order valence-corrected chi connectivity index (χ1v) is 11.3. The Hall–Kier alpha value is -3.19. The van der Waals surface area contributed by atoms with Gasteiger partial charge in [-0.2, -0.15) is 0 Å². The predicted octanol–water partition coefficient (Wildman–Crippen LogP) is 4.09. The number of rotatable bonds is 5. The second-order valence-corrected chi connectivity index (χ2v) is 8.73. The number of anilines is 1. The van der Waals surface area contributed by atoms with Crippen LogP contribution in [0.25, 0.3) is 11.0 Å². The zero-order chi connectivity index (χ0) is 22.1. The van der Waals surface area contributed by atoms with E-state index in [1.54, 1.807) is 7.11 Å². The van der Waals surface area contributed by atoms with Gasteiger partial charge in [0.25, 0.3) is 5.91 Å². The number of aromatic nitrogens is 2. The molecule has 0 radical (unpaired) electrons. The number of imidazole rings is 1. The van der Waals surface area contributed by atoms with Gasteiger partial charge in [0.1, 0.15) is 0 Å². The molecule has 3 aromatic rings. The summed E-state index contributed by atoms with van der Waals surface area (Å²) in [5, 5.41) is 3.03. The Morgan fingerprint density at radius 2 is 1.91 bits per heavy atom. The molecule has 2 aliphatic rings. The molecule has 32 heavy (non-hydrogen) atoms. The lowest BCUT2D eigenvalue weighted by atomic mass is 9.65. The van der Waals surface area contributed by atoms with Crippen molar-refractivity contribution in [3.05, 3.63) is 59.7 Å². The van der Waals surface area contributed by atoms with Crippen LogP contribution in [-0.2, 0) is 9.53 Å². The van der Waals surface area contributed by atoms with Crippen LogP contribution in [0.15, 0.2) is 48.5 Å². The Morgan fingerprint density at radius 3 is 2.69 bits per heavy atom. The highest BCUT2D eigenvalue weighted by atomic mass is 16.5. The Bertz CT molecular complexity index is 1120. The molecular formula is C25H28N4O3. The molecule has 166 valence electrons. The van der Waals surface area contributed by atoms with Crippen LogP contribution >= 0.6 is 0 Å². The van der Waals surface area contributed by atoms with Gasteiger partial charge in [0.15, 0.2) is 0 Å². The zero-order valence-electron chi connectivity index (χ0n) is 18.3. The third-order valence-corrected chi connectivity index (χ3v) is 6.95. The molecule has 2 heterocycles. The fraction of sp³-hybridized carbons (Fsp3) is 0.400. The lowest BCUT2D eigenvalue weighted by molar-refractivity contribution is -0.122. The van der Waals surface area contributed by atoms with E-state index in [0.717, 1.165) is 48.7 Å². The number of benzene rings is 2. The number of aromatic amines is 1. The maximum Gasteiger partial charge on any atom is 0.254 e. The number of fused-ring (bicyclic) bond motifs is 2. The molecule has 0 bridgehead atoms. The number of nitrogens with one attached hydrogen (secondary N) is 2. The second-order valence-electron chi connectivity index (χ2n) is 8.73. The van der Waals surface area contributed by atoms with Gasteiger partial charge in [0.2, 0.25) is 11.9 Å². The zero-order valence-corrected chi connectivity index (χ0v) is 18.3. The first kappa shape index (κ1) is 20.7. The van der Waals surface area contributed by atoms with Crippen LogP contribution in [0, 0.1) is 0 Å².